The standard InChI is InChI=1S/C19H39N5O/c1-4-20-19(21-7-9-23-10-12-25-13-11-23)22-14-18-6-5-8-24(16-18)15-17(2)3/h17-18H,4-16H2,1-3H3,(H2,20,21,22). The van der Waals surface area contributed by atoms with Gasteiger partial charge in [0.25, 0.3) is 0 Å². The summed E-state index contributed by atoms with van der Waals surface area (Å²) in [6.45, 7) is 18.1. The molecule has 2 N–H and O–H groups in total. The van der Waals surface area contributed by atoms with E-state index in [0.29, 0.717) is 5.92 Å². The van der Waals surface area contributed by atoms with E-state index in [0.717, 1.165) is 64.4 Å². The Kier molecular flexibility index (Phi) is 9.58. The number of guanidine groups is 1. The Morgan fingerprint density at radius 2 is 1.96 bits per heavy atom. The molecule has 2 saturated heterocycles. The Morgan fingerprint density at radius 1 is 1.16 bits per heavy atom. The van der Waals surface area contributed by atoms with Gasteiger partial charge in [-0.15, -0.1) is 0 Å². The first-order valence-electron chi connectivity index (χ1n) is 10.2. The van der Waals surface area contributed by atoms with Gasteiger partial charge in [0.1, 0.15) is 0 Å². The minimum atomic E-state index is 0.696. The van der Waals surface area contributed by atoms with E-state index in [1.165, 1.54) is 32.5 Å². The Balaban J connectivity index is 1.72. The molecule has 146 valence electrons. The lowest BCUT2D eigenvalue weighted by Crippen LogP contribution is -2.45. The van der Waals surface area contributed by atoms with Crippen molar-refractivity contribution in [3.05, 3.63) is 0 Å². The summed E-state index contributed by atoms with van der Waals surface area (Å²) in [5.41, 5.74) is 0. The second-order valence-corrected chi connectivity index (χ2v) is 7.76. The van der Waals surface area contributed by atoms with E-state index < -0.39 is 0 Å². The van der Waals surface area contributed by atoms with Crippen molar-refractivity contribution in [3.8, 4) is 0 Å². The van der Waals surface area contributed by atoms with Crippen LogP contribution in [0.15, 0.2) is 4.99 Å². The van der Waals surface area contributed by atoms with E-state index in [2.05, 4.69) is 41.2 Å². The number of hydrogen-bond donors (Lipinski definition) is 2. The molecule has 0 aromatic rings. The Hall–Kier alpha value is -0.850. The first-order chi connectivity index (χ1) is 12.2. The molecule has 2 aliphatic rings. The zero-order valence-electron chi connectivity index (χ0n) is 16.6. The fraction of sp³-hybridized carbons (Fsp3) is 0.947. The van der Waals surface area contributed by atoms with Crippen LogP contribution in [0, 0.1) is 11.8 Å². The molecule has 2 heterocycles. The fourth-order valence-corrected chi connectivity index (χ4v) is 3.70. The molecular weight excluding hydrogens is 314 g/mol. The SMILES string of the molecule is CCNC(=NCC1CCCN(CC(C)C)C1)NCCN1CCOCC1. The van der Waals surface area contributed by atoms with Crippen molar-refractivity contribution in [2.45, 2.75) is 33.6 Å². The van der Waals surface area contributed by atoms with Crippen molar-refractivity contribution >= 4 is 5.96 Å². The number of piperidine rings is 1. The molecule has 0 spiro atoms. The third-order valence-electron chi connectivity index (χ3n) is 4.90. The van der Waals surface area contributed by atoms with E-state index in [1.807, 2.05) is 0 Å². The molecule has 0 bridgehead atoms. The minimum Gasteiger partial charge on any atom is -0.379 e. The topological polar surface area (TPSA) is 52.1 Å². The first kappa shape index (κ1) is 20.5. The van der Waals surface area contributed by atoms with Gasteiger partial charge in [-0.2, -0.15) is 0 Å². The predicted octanol–water partition coefficient (Wildman–Crippen LogP) is 1.24. The first-order valence-corrected chi connectivity index (χ1v) is 10.2. The molecule has 0 amide bonds. The molecule has 6 heteroatoms. The van der Waals surface area contributed by atoms with Gasteiger partial charge in [0.15, 0.2) is 5.96 Å². The largest absolute Gasteiger partial charge is 0.379 e. The Labute approximate surface area is 154 Å². The predicted molar refractivity (Wildman–Crippen MR) is 105 cm³/mol. The Bertz CT molecular complexity index is 382. The van der Waals surface area contributed by atoms with Gasteiger partial charge in [-0.05, 0) is 38.1 Å². The molecule has 0 saturated carbocycles. The van der Waals surface area contributed by atoms with Crippen molar-refractivity contribution in [3.63, 3.8) is 0 Å². The zero-order chi connectivity index (χ0) is 17.9. The smallest absolute Gasteiger partial charge is 0.191 e. The van der Waals surface area contributed by atoms with Crippen LogP contribution in [0.25, 0.3) is 0 Å². The van der Waals surface area contributed by atoms with Crippen LogP contribution in [-0.4, -0.2) is 87.9 Å². The summed E-state index contributed by atoms with van der Waals surface area (Å²) >= 11 is 0. The number of hydrogen-bond acceptors (Lipinski definition) is 4. The van der Waals surface area contributed by atoms with Crippen molar-refractivity contribution in [2.75, 3.05) is 72.1 Å². The molecule has 0 aromatic carbocycles. The summed E-state index contributed by atoms with van der Waals surface area (Å²) in [6.07, 6.45) is 2.62. The van der Waals surface area contributed by atoms with Crippen LogP contribution >= 0.6 is 0 Å². The quantitative estimate of drug-likeness (QED) is 0.508. The van der Waals surface area contributed by atoms with Gasteiger partial charge in [0, 0.05) is 52.4 Å². The Morgan fingerprint density at radius 3 is 2.68 bits per heavy atom. The molecule has 2 rings (SSSR count). The molecule has 6 nitrogen and oxygen atoms in total. The van der Waals surface area contributed by atoms with Crippen molar-refractivity contribution < 1.29 is 4.74 Å². The van der Waals surface area contributed by atoms with Gasteiger partial charge in [-0.25, -0.2) is 0 Å². The van der Waals surface area contributed by atoms with Crippen LogP contribution in [0.2, 0.25) is 0 Å². The van der Waals surface area contributed by atoms with E-state index in [4.69, 9.17) is 9.73 Å². The summed E-state index contributed by atoms with van der Waals surface area (Å²) in [5, 5.41) is 6.88. The maximum Gasteiger partial charge on any atom is 0.191 e. The third-order valence-corrected chi connectivity index (χ3v) is 4.90. The number of nitrogens with one attached hydrogen (secondary N) is 2. The molecule has 25 heavy (non-hydrogen) atoms. The molecule has 2 aliphatic heterocycles. The lowest BCUT2D eigenvalue weighted by atomic mass is 9.97. The fourth-order valence-electron chi connectivity index (χ4n) is 3.70. The summed E-state index contributed by atoms with van der Waals surface area (Å²) in [6, 6.07) is 0. The van der Waals surface area contributed by atoms with Crippen molar-refractivity contribution in [1.82, 2.24) is 20.4 Å². The minimum absolute atomic E-state index is 0.696. The monoisotopic (exact) mass is 353 g/mol. The summed E-state index contributed by atoms with van der Waals surface area (Å²) < 4.78 is 5.40. The molecule has 2 fully saturated rings. The van der Waals surface area contributed by atoms with Crippen LogP contribution in [0.3, 0.4) is 0 Å². The van der Waals surface area contributed by atoms with E-state index in [-0.39, 0.29) is 0 Å². The summed E-state index contributed by atoms with van der Waals surface area (Å²) in [7, 11) is 0. The number of morpholine rings is 1. The highest BCUT2D eigenvalue weighted by molar-refractivity contribution is 5.79. The average Bonchev–Trinajstić information content (AvgIpc) is 2.60. The second-order valence-electron chi connectivity index (χ2n) is 7.76. The van der Waals surface area contributed by atoms with Gasteiger partial charge in [-0.1, -0.05) is 13.8 Å². The van der Waals surface area contributed by atoms with E-state index in [1.54, 1.807) is 0 Å². The van der Waals surface area contributed by atoms with E-state index in [9.17, 15) is 0 Å². The molecule has 0 aliphatic carbocycles. The van der Waals surface area contributed by atoms with Crippen LogP contribution in [0.1, 0.15) is 33.6 Å². The number of nitrogens with zero attached hydrogens (tertiary/aromatic N) is 3. The second kappa shape index (κ2) is 11.7. The average molecular weight is 354 g/mol. The highest BCUT2D eigenvalue weighted by Crippen LogP contribution is 2.17. The van der Waals surface area contributed by atoms with Gasteiger partial charge >= 0.3 is 0 Å². The highest BCUT2D eigenvalue weighted by Gasteiger charge is 2.20. The summed E-state index contributed by atoms with van der Waals surface area (Å²) in [4.78, 5) is 9.93. The van der Waals surface area contributed by atoms with Crippen LogP contribution in [0.5, 0.6) is 0 Å². The van der Waals surface area contributed by atoms with Gasteiger partial charge in [-0.3, -0.25) is 9.89 Å². The number of rotatable bonds is 8. The molecule has 1 unspecified atom stereocenters. The maximum absolute atomic E-state index is 5.40. The maximum atomic E-state index is 5.40. The summed E-state index contributed by atoms with van der Waals surface area (Å²) in [5.74, 6) is 2.42. The normalized spacial score (nSPS) is 23.8. The molecule has 1 atom stereocenters. The van der Waals surface area contributed by atoms with Crippen molar-refractivity contribution in [2.24, 2.45) is 16.8 Å². The third kappa shape index (κ3) is 8.38. The van der Waals surface area contributed by atoms with Crippen LogP contribution in [-0.2, 0) is 4.74 Å². The highest BCUT2D eigenvalue weighted by atomic mass is 16.5. The zero-order valence-corrected chi connectivity index (χ0v) is 16.6. The van der Waals surface area contributed by atoms with Crippen molar-refractivity contribution in [1.29, 1.82) is 0 Å². The van der Waals surface area contributed by atoms with Gasteiger partial charge in [0.05, 0.1) is 13.2 Å². The van der Waals surface area contributed by atoms with Crippen LogP contribution < -0.4 is 10.6 Å². The number of likely N-dealkylation sites (tertiary alicyclic amines) is 1. The van der Waals surface area contributed by atoms with Gasteiger partial charge in [0.2, 0.25) is 0 Å². The molecular formula is C19H39N5O. The van der Waals surface area contributed by atoms with E-state index >= 15 is 0 Å². The number of ether oxygens (including phenoxy) is 1. The molecule has 0 radical (unpaired) electrons. The molecule has 0 aromatic heterocycles. The lowest BCUT2D eigenvalue weighted by Gasteiger charge is -2.33. The van der Waals surface area contributed by atoms with Gasteiger partial charge < -0.3 is 20.3 Å². The number of aliphatic imine (C=N–C) groups is 1. The lowest BCUT2D eigenvalue weighted by molar-refractivity contribution is 0.0389. The van der Waals surface area contributed by atoms with Crippen LogP contribution in [0.4, 0.5) is 0 Å².